The number of thiazole rings is 2. The average molecular weight is 861 g/mol. The van der Waals surface area contributed by atoms with Crippen LogP contribution in [0.1, 0.15) is 112 Å². The van der Waals surface area contributed by atoms with Crippen LogP contribution in [-0.2, 0) is 0 Å². The highest BCUT2D eigenvalue weighted by Crippen LogP contribution is 2.50. The molecule has 6 aromatic rings. The monoisotopic (exact) mass is 860 g/mol. The van der Waals surface area contributed by atoms with Crippen molar-refractivity contribution in [3.63, 3.8) is 0 Å². The van der Waals surface area contributed by atoms with E-state index in [9.17, 15) is 10.5 Å². The Morgan fingerprint density at radius 2 is 0.984 bits per heavy atom. The minimum Gasteiger partial charge on any atom is -0.493 e. The summed E-state index contributed by atoms with van der Waals surface area (Å²) in [6.07, 6.45) is 9.27. The molecule has 0 saturated heterocycles. The molecular weight excluding hydrogens is 805 g/mol. The number of para-hydroxylation sites is 2. The van der Waals surface area contributed by atoms with Crippen LogP contribution in [0.3, 0.4) is 0 Å². The maximum atomic E-state index is 11.1. The highest BCUT2D eigenvalue weighted by Gasteiger charge is 2.48. The van der Waals surface area contributed by atoms with Crippen molar-refractivity contribution < 1.29 is 9.47 Å². The van der Waals surface area contributed by atoms with Crippen molar-refractivity contribution in [3.8, 4) is 23.6 Å². The fourth-order valence-corrected chi connectivity index (χ4v) is 10.9. The Bertz CT molecular complexity index is 2370. The van der Waals surface area contributed by atoms with Gasteiger partial charge in [-0.25, -0.2) is 9.97 Å². The molecule has 6 atom stereocenters. The smallest absolute Gasteiger partial charge is 0.122 e. The number of hydrogen-bond donors (Lipinski definition) is 2. The predicted octanol–water partition coefficient (Wildman–Crippen LogP) is 12.8. The number of unbranched alkanes of at least 4 members (excludes halogenated alkanes) is 2. The Hall–Kier alpha value is -5.68. The summed E-state index contributed by atoms with van der Waals surface area (Å²) in [6.45, 7) is 10.3. The van der Waals surface area contributed by atoms with Crippen molar-refractivity contribution >= 4 is 54.5 Å². The minimum absolute atomic E-state index is 0.465. The van der Waals surface area contributed by atoms with Gasteiger partial charge in [0.05, 0.1) is 57.9 Å². The number of fused-ring (bicyclic) bond motifs is 3. The normalized spacial score (nSPS) is 17.8. The molecule has 0 bridgehead atoms. The lowest BCUT2D eigenvalue weighted by molar-refractivity contribution is 0.233. The molecule has 62 heavy (non-hydrogen) atoms. The second-order valence-corrected chi connectivity index (χ2v) is 18.7. The molecule has 2 N–H and O–H groups in total. The third-order valence-electron chi connectivity index (χ3n) is 12.5. The van der Waals surface area contributed by atoms with E-state index < -0.39 is 23.9 Å². The molecule has 2 aliphatic rings. The summed E-state index contributed by atoms with van der Waals surface area (Å²) in [4.78, 5) is 10.0. The third kappa shape index (κ3) is 9.09. The lowest BCUT2D eigenvalue weighted by Crippen LogP contribution is -2.33. The molecule has 0 radical (unpaired) electrons. The number of aromatic nitrogens is 2. The molecule has 10 heteroatoms. The molecule has 4 aromatic carbocycles. The van der Waals surface area contributed by atoms with Gasteiger partial charge in [0.25, 0.3) is 0 Å². The average Bonchev–Trinajstić information content (AvgIpc) is 4.11. The van der Waals surface area contributed by atoms with Crippen molar-refractivity contribution in [2.24, 2.45) is 11.8 Å². The summed E-state index contributed by atoms with van der Waals surface area (Å²) in [5.74, 6) is 1.44. The van der Waals surface area contributed by atoms with Crippen LogP contribution in [0, 0.1) is 34.5 Å². The van der Waals surface area contributed by atoms with Gasteiger partial charge in [-0.2, -0.15) is 10.5 Å². The van der Waals surface area contributed by atoms with Crippen LogP contribution in [0.4, 0.5) is 0 Å². The van der Waals surface area contributed by atoms with E-state index in [2.05, 4.69) is 86.9 Å². The van der Waals surface area contributed by atoms with E-state index in [-0.39, 0.29) is 0 Å². The molecule has 318 valence electrons. The zero-order valence-corrected chi connectivity index (χ0v) is 37.8. The molecule has 2 aliphatic heterocycles. The fourth-order valence-electron chi connectivity index (χ4n) is 8.75. The zero-order valence-electron chi connectivity index (χ0n) is 36.2. The Morgan fingerprint density at radius 1 is 0.581 bits per heavy atom. The van der Waals surface area contributed by atoms with Crippen molar-refractivity contribution in [1.82, 2.24) is 20.6 Å². The Labute approximate surface area is 374 Å². The molecule has 0 aliphatic carbocycles. The van der Waals surface area contributed by atoms with Gasteiger partial charge < -0.3 is 20.1 Å². The van der Waals surface area contributed by atoms with Crippen LogP contribution < -0.4 is 20.1 Å². The SMILES string of the molecule is CCCCC(CC)COc1ccc(C2=C3C(=C(c4ccc(OCC(CC)CCCC)cc4)NC3C(C#N)c3nc4ccccc4s3)C(C(C#N)c3nc4ccccc4s3)N2)cc1. The van der Waals surface area contributed by atoms with E-state index in [1.54, 1.807) is 22.7 Å². The summed E-state index contributed by atoms with van der Waals surface area (Å²) in [6, 6.07) is 37.1. The Morgan fingerprint density at radius 3 is 1.34 bits per heavy atom. The number of nitrogens with one attached hydrogen (secondary N) is 2. The number of benzene rings is 4. The van der Waals surface area contributed by atoms with Crippen LogP contribution >= 0.6 is 22.7 Å². The van der Waals surface area contributed by atoms with Crippen LogP contribution in [0.2, 0.25) is 0 Å². The number of rotatable bonds is 20. The molecule has 4 heterocycles. The molecule has 6 unspecified atom stereocenters. The number of nitrogens with zero attached hydrogens (tertiary/aromatic N) is 4. The van der Waals surface area contributed by atoms with Gasteiger partial charge in [0.15, 0.2) is 0 Å². The van der Waals surface area contributed by atoms with E-state index in [0.717, 1.165) is 101 Å². The van der Waals surface area contributed by atoms with Gasteiger partial charge in [-0.1, -0.05) is 90.5 Å². The van der Waals surface area contributed by atoms with Crippen molar-refractivity contribution in [2.45, 2.75) is 103 Å². The summed E-state index contributed by atoms with van der Waals surface area (Å²) >= 11 is 3.12. The maximum absolute atomic E-state index is 11.1. The molecular formula is C52H56N6O2S2. The summed E-state index contributed by atoms with van der Waals surface area (Å²) < 4.78 is 14.8. The first-order valence-corrected chi connectivity index (χ1v) is 24.1. The zero-order chi connectivity index (χ0) is 43.0. The largest absolute Gasteiger partial charge is 0.493 e. The Kier molecular flexibility index (Phi) is 13.9. The van der Waals surface area contributed by atoms with Gasteiger partial charge in [0.2, 0.25) is 0 Å². The first-order valence-electron chi connectivity index (χ1n) is 22.4. The predicted molar refractivity (Wildman–Crippen MR) is 254 cm³/mol. The number of ether oxygens (including phenoxy) is 2. The van der Waals surface area contributed by atoms with Gasteiger partial charge >= 0.3 is 0 Å². The van der Waals surface area contributed by atoms with E-state index in [1.165, 1.54) is 25.7 Å². The molecule has 2 aromatic heterocycles. The van der Waals surface area contributed by atoms with Gasteiger partial charge in [-0.3, -0.25) is 0 Å². The van der Waals surface area contributed by atoms with E-state index >= 15 is 0 Å². The van der Waals surface area contributed by atoms with Gasteiger partial charge in [0.1, 0.15) is 33.4 Å². The summed E-state index contributed by atoms with van der Waals surface area (Å²) in [5, 5.41) is 31.5. The van der Waals surface area contributed by atoms with Gasteiger partial charge in [0, 0.05) is 22.5 Å². The lowest BCUT2D eigenvalue weighted by Gasteiger charge is -2.23. The molecule has 8 rings (SSSR count). The summed E-state index contributed by atoms with van der Waals surface area (Å²) in [7, 11) is 0. The minimum atomic E-state index is -0.623. The summed E-state index contributed by atoms with van der Waals surface area (Å²) in [5.41, 5.74) is 7.38. The van der Waals surface area contributed by atoms with Crippen molar-refractivity contribution in [3.05, 3.63) is 129 Å². The lowest BCUT2D eigenvalue weighted by atomic mass is 9.86. The second-order valence-electron chi connectivity index (χ2n) is 16.6. The number of nitriles is 2. The quantitative estimate of drug-likeness (QED) is 0.0780. The van der Waals surface area contributed by atoms with E-state index in [0.29, 0.717) is 25.0 Å². The topological polar surface area (TPSA) is 116 Å². The number of hydrogen-bond acceptors (Lipinski definition) is 10. The first kappa shape index (κ1) is 43.0. The van der Waals surface area contributed by atoms with Crippen molar-refractivity contribution in [2.75, 3.05) is 13.2 Å². The standard InChI is InChI=1S/C52H56N6O2S2/c1-5-9-15-33(7-3)31-59-37-25-21-35(22-26-37)47-45-46(50(57-47)40(30-54)52-56-42-18-12-14-20-44(42)62-52)48(36-23-27-38(28-24-36)60-32-34(8-4)16-10-6-2)58-49(45)39(29-53)51-55-41-17-11-13-19-43(41)61-51/h11-14,17-28,33-34,39-40,49-50,57-58H,5-10,15-16,31-32H2,1-4H3. The second kappa shape index (κ2) is 20.0. The highest BCUT2D eigenvalue weighted by molar-refractivity contribution is 7.19. The fraction of sp³-hybridized carbons (Fsp3) is 0.385. The van der Waals surface area contributed by atoms with Crippen LogP contribution in [0.15, 0.2) is 108 Å². The molecule has 0 amide bonds. The molecule has 0 spiro atoms. The maximum Gasteiger partial charge on any atom is 0.122 e. The van der Waals surface area contributed by atoms with Gasteiger partial charge in [-0.05, 0) is 109 Å². The van der Waals surface area contributed by atoms with Crippen LogP contribution in [-0.4, -0.2) is 35.3 Å². The Balaban J connectivity index is 1.23. The van der Waals surface area contributed by atoms with Crippen molar-refractivity contribution in [1.29, 1.82) is 10.5 Å². The van der Waals surface area contributed by atoms with E-state index in [4.69, 9.17) is 19.4 Å². The first-order chi connectivity index (χ1) is 30.5. The third-order valence-corrected chi connectivity index (χ3v) is 14.7. The van der Waals surface area contributed by atoms with Crippen LogP contribution in [0.25, 0.3) is 31.8 Å². The van der Waals surface area contributed by atoms with Gasteiger partial charge in [-0.15, -0.1) is 22.7 Å². The highest BCUT2D eigenvalue weighted by atomic mass is 32.1. The molecule has 0 saturated carbocycles. The molecule has 8 nitrogen and oxygen atoms in total. The van der Waals surface area contributed by atoms with Crippen LogP contribution in [0.5, 0.6) is 11.5 Å². The molecule has 0 fully saturated rings. The van der Waals surface area contributed by atoms with E-state index in [1.807, 2.05) is 60.7 Å².